The highest BCUT2D eigenvalue weighted by Gasteiger charge is 2.20. The molecule has 0 aromatic heterocycles. The average Bonchev–Trinajstić information content (AvgIpc) is 2.45. The number of nitrogens with zero attached hydrogens (tertiary/aromatic N) is 1. The van der Waals surface area contributed by atoms with Crippen LogP contribution in [0.3, 0.4) is 0 Å². The van der Waals surface area contributed by atoms with E-state index in [-0.39, 0.29) is 11.9 Å². The van der Waals surface area contributed by atoms with E-state index in [9.17, 15) is 4.79 Å². The van der Waals surface area contributed by atoms with Crippen molar-refractivity contribution in [3.63, 3.8) is 0 Å². The zero-order chi connectivity index (χ0) is 15.1. The summed E-state index contributed by atoms with van der Waals surface area (Å²) in [4.78, 5) is 14.1. The summed E-state index contributed by atoms with van der Waals surface area (Å²) in [6.45, 7) is 12.7. The third-order valence-corrected chi connectivity index (χ3v) is 3.05. The number of rotatable bonds is 10. The first kappa shape index (κ1) is 20.7. The molecule has 1 atom stereocenters. The third kappa shape index (κ3) is 12.2. The summed E-state index contributed by atoms with van der Waals surface area (Å²) in [6, 6.07) is 0. The summed E-state index contributed by atoms with van der Waals surface area (Å²) in [5.41, 5.74) is 0. The van der Waals surface area contributed by atoms with Gasteiger partial charge in [0.15, 0.2) is 0 Å². The minimum atomic E-state index is -0.00722. The van der Waals surface area contributed by atoms with E-state index in [0.717, 1.165) is 45.2 Å². The van der Waals surface area contributed by atoms with Crippen LogP contribution in [-0.2, 0) is 9.53 Å². The van der Waals surface area contributed by atoms with Gasteiger partial charge >= 0.3 is 5.97 Å². The monoisotopic (exact) mass is 273 g/mol. The summed E-state index contributed by atoms with van der Waals surface area (Å²) in [6.07, 6.45) is 5.23. The summed E-state index contributed by atoms with van der Waals surface area (Å²) in [5.74, 6) is 0.0453. The minimum Gasteiger partial charge on any atom is -0.465 e. The van der Waals surface area contributed by atoms with E-state index in [2.05, 4.69) is 32.7 Å². The van der Waals surface area contributed by atoms with Crippen molar-refractivity contribution in [2.45, 2.75) is 66.7 Å². The Labute approximate surface area is 120 Å². The minimum absolute atomic E-state index is 0.00722. The molecule has 3 nitrogen and oxygen atoms in total. The van der Waals surface area contributed by atoms with Crippen molar-refractivity contribution in [2.75, 3.05) is 26.7 Å². The van der Waals surface area contributed by atoms with Gasteiger partial charge in [-0.2, -0.15) is 0 Å². The molecule has 0 amide bonds. The topological polar surface area (TPSA) is 29.5 Å². The van der Waals surface area contributed by atoms with Gasteiger partial charge in [-0.25, -0.2) is 0 Å². The van der Waals surface area contributed by atoms with Crippen LogP contribution in [-0.4, -0.2) is 37.6 Å². The summed E-state index contributed by atoms with van der Waals surface area (Å²) in [7, 11) is 2.05. The molecular weight excluding hydrogens is 238 g/mol. The molecule has 0 saturated carbocycles. The molecule has 1 unspecified atom stereocenters. The number of hydrogen-bond donors (Lipinski definition) is 0. The van der Waals surface area contributed by atoms with E-state index >= 15 is 0 Å². The molecular formula is C16H35NO2. The maximum absolute atomic E-state index is 11.9. The molecule has 0 aromatic carbocycles. The Morgan fingerprint density at radius 2 is 1.68 bits per heavy atom. The second-order valence-electron chi connectivity index (χ2n) is 4.72. The smallest absolute Gasteiger partial charge is 0.310 e. The van der Waals surface area contributed by atoms with Gasteiger partial charge in [0.05, 0.1) is 12.5 Å². The van der Waals surface area contributed by atoms with Gasteiger partial charge in [-0.05, 0) is 26.4 Å². The number of carbonyl (C=O) groups excluding carboxylic acids is 1. The zero-order valence-corrected chi connectivity index (χ0v) is 14.0. The maximum Gasteiger partial charge on any atom is 0.310 e. The van der Waals surface area contributed by atoms with Crippen LogP contribution in [0.15, 0.2) is 0 Å². The van der Waals surface area contributed by atoms with Crippen molar-refractivity contribution >= 4 is 5.97 Å². The summed E-state index contributed by atoms with van der Waals surface area (Å²) in [5, 5.41) is 0. The van der Waals surface area contributed by atoms with Crippen LogP contribution in [0.1, 0.15) is 66.7 Å². The first-order valence-corrected chi connectivity index (χ1v) is 8.00. The highest BCUT2D eigenvalue weighted by atomic mass is 16.5. The van der Waals surface area contributed by atoms with Gasteiger partial charge in [0, 0.05) is 6.54 Å². The zero-order valence-electron chi connectivity index (χ0n) is 14.0. The molecule has 3 heteroatoms. The molecule has 0 heterocycles. The molecule has 0 saturated heterocycles. The Morgan fingerprint density at radius 1 is 1.11 bits per heavy atom. The van der Waals surface area contributed by atoms with Crippen LogP contribution >= 0.6 is 0 Å². The molecule has 0 spiro atoms. The van der Waals surface area contributed by atoms with Gasteiger partial charge in [-0.3, -0.25) is 4.79 Å². The molecule has 0 bridgehead atoms. The lowest BCUT2D eigenvalue weighted by molar-refractivity contribution is -0.149. The van der Waals surface area contributed by atoms with Gasteiger partial charge in [0.1, 0.15) is 0 Å². The average molecular weight is 273 g/mol. The maximum atomic E-state index is 11.9. The van der Waals surface area contributed by atoms with Crippen LogP contribution in [0.4, 0.5) is 0 Å². The Bertz CT molecular complexity index is 195. The second kappa shape index (κ2) is 15.5. The Hall–Kier alpha value is -0.570. The number of esters is 1. The van der Waals surface area contributed by atoms with E-state index in [1.54, 1.807) is 0 Å². The fraction of sp³-hybridized carbons (Fsp3) is 0.938. The third-order valence-electron chi connectivity index (χ3n) is 3.05. The van der Waals surface area contributed by atoms with Crippen LogP contribution in [0, 0.1) is 5.92 Å². The molecule has 0 fully saturated rings. The predicted octanol–water partition coefficient (Wildman–Crippen LogP) is 4.11. The van der Waals surface area contributed by atoms with Gasteiger partial charge in [-0.15, -0.1) is 0 Å². The lowest BCUT2D eigenvalue weighted by atomic mass is 10.0. The van der Waals surface area contributed by atoms with Crippen molar-refractivity contribution in [2.24, 2.45) is 5.92 Å². The summed E-state index contributed by atoms with van der Waals surface area (Å²) >= 11 is 0. The van der Waals surface area contributed by atoms with Crippen molar-refractivity contribution in [3.8, 4) is 0 Å². The number of ether oxygens (including phenoxy) is 1. The lowest BCUT2D eigenvalue weighted by Gasteiger charge is -2.21. The first-order chi connectivity index (χ1) is 9.15. The van der Waals surface area contributed by atoms with Crippen LogP contribution < -0.4 is 0 Å². The van der Waals surface area contributed by atoms with Gasteiger partial charge in [0.25, 0.3) is 0 Å². The number of unbranched alkanes of at least 4 members (excludes halogenated alkanes) is 2. The number of carbonyl (C=O) groups is 1. The van der Waals surface area contributed by atoms with Gasteiger partial charge in [0.2, 0.25) is 0 Å². The highest BCUT2D eigenvalue weighted by Crippen LogP contribution is 2.12. The highest BCUT2D eigenvalue weighted by molar-refractivity contribution is 5.72. The second-order valence-corrected chi connectivity index (χ2v) is 4.72. The molecule has 0 aromatic rings. The van der Waals surface area contributed by atoms with Crippen molar-refractivity contribution in [3.05, 3.63) is 0 Å². The fourth-order valence-corrected chi connectivity index (χ4v) is 1.67. The summed E-state index contributed by atoms with van der Waals surface area (Å²) < 4.78 is 5.32. The lowest BCUT2D eigenvalue weighted by Crippen LogP contribution is -2.31. The van der Waals surface area contributed by atoms with Gasteiger partial charge in [-0.1, -0.05) is 53.9 Å². The Kier molecular flexibility index (Phi) is 16.9. The molecule has 19 heavy (non-hydrogen) atoms. The van der Waals surface area contributed by atoms with Crippen LogP contribution in [0.5, 0.6) is 0 Å². The van der Waals surface area contributed by atoms with Crippen molar-refractivity contribution < 1.29 is 9.53 Å². The van der Waals surface area contributed by atoms with E-state index in [1.165, 1.54) is 0 Å². The van der Waals surface area contributed by atoms with E-state index in [0.29, 0.717) is 6.61 Å². The fourth-order valence-electron chi connectivity index (χ4n) is 1.67. The molecule has 0 aliphatic rings. The van der Waals surface area contributed by atoms with E-state index in [4.69, 9.17) is 4.74 Å². The quantitative estimate of drug-likeness (QED) is 0.443. The predicted molar refractivity (Wildman–Crippen MR) is 83.4 cm³/mol. The van der Waals surface area contributed by atoms with Crippen LogP contribution in [0.2, 0.25) is 0 Å². The van der Waals surface area contributed by atoms with Crippen LogP contribution in [0.25, 0.3) is 0 Å². The van der Waals surface area contributed by atoms with E-state index in [1.807, 2.05) is 13.8 Å². The largest absolute Gasteiger partial charge is 0.465 e. The first-order valence-electron chi connectivity index (χ1n) is 8.00. The van der Waals surface area contributed by atoms with Crippen molar-refractivity contribution in [1.82, 2.24) is 4.90 Å². The normalized spacial score (nSPS) is 11.7. The standard InChI is InChI=1S/C14H29NO2.C2H6/c1-5-8-10-13(12-15(4)7-3)14(16)17-11-9-6-2;1-2/h13H,5-12H2,1-4H3;1-2H3. The molecule has 0 rings (SSSR count). The molecule has 0 radical (unpaired) electrons. The Morgan fingerprint density at radius 3 is 2.16 bits per heavy atom. The molecule has 116 valence electrons. The molecule has 0 N–H and O–H groups in total. The van der Waals surface area contributed by atoms with E-state index < -0.39 is 0 Å². The molecule has 0 aliphatic carbocycles. The van der Waals surface area contributed by atoms with Gasteiger partial charge < -0.3 is 9.64 Å². The van der Waals surface area contributed by atoms with Crippen molar-refractivity contribution in [1.29, 1.82) is 0 Å². The SMILES string of the molecule is CC.CCCCOC(=O)C(CCCC)CN(C)CC. The number of hydrogen-bond acceptors (Lipinski definition) is 3. The Balaban J connectivity index is 0. The molecule has 0 aliphatic heterocycles.